The number of carbonyl (C=O) groups is 1. The van der Waals surface area contributed by atoms with E-state index in [1.54, 1.807) is 10.9 Å². The monoisotopic (exact) mass is 256 g/mol. The number of nitrogens with one attached hydrogen (secondary N) is 1. The Morgan fingerprint density at radius 3 is 2.74 bits per heavy atom. The molecule has 5 nitrogen and oxygen atoms in total. The highest BCUT2D eigenvalue weighted by Gasteiger charge is 2.05. The van der Waals surface area contributed by atoms with Crippen molar-refractivity contribution in [1.29, 1.82) is 0 Å². The van der Waals surface area contributed by atoms with Crippen molar-refractivity contribution in [1.82, 2.24) is 15.2 Å². The fourth-order valence-electron chi connectivity index (χ4n) is 1.72. The standard InChI is InChI=1S/C14H16N4O/c1-11-8-12(2)18(17-11)10-14(19)16-15-9-13-6-4-3-5-7-13/h3-9H,10H2,1-2H3,(H,16,19)/b15-9+. The van der Waals surface area contributed by atoms with Gasteiger partial charge in [0.1, 0.15) is 6.54 Å². The summed E-state index contributed by atoms with van der Waals surface area (Å²) in [6, 6.07) is 11.5. The predicted octanol–water partition coefficient (Wildman–Crippen LogP) is 1.65. The fraction of sp³-hybridized carbons (Fsp3) is 0.214. The van der Waals surface area contributed by atoms with Crippen LogP contribution in [-0.2, 0) is 11.3 Å². The second-order valence-corrected chi connectivity index (χ2v) is 4.29. The molecule has 0 aliphatic rings. The van der Waals surface area contributed by atoms with Crippen molar-refractivity contribution in [2.75, 3.05) is 0 Å². The Bertz CT molecular complexity index is 587. The van der Waals surface area contributed by atoms with Crippen LogP contribution >= 0.6 is 0 Å². The van der Waals surface area contributed by atoms with Crippen LogP contribution in [-0.4, -0.2) is 21.9 Å². The summed E-state index contributed by atoms with van der Waals surface area (Å²) in [5.74, 6) is -0.196. The Balaban J connectivity index is 1.88. The summed E-state index contributed by atoms with van der Waals surface area (Å²) >= 11 is 0. The first-order chi connectivity index (χ1) is 9.15. The van der Waals surface area contributed by atoms with Gasteiger partial charge in [0, 0.05) is 5.69 Å². The van der Waals surface area contributed by atoms with Crippen molar-refractivity contribution in [3.05, 3.63) is 53.3 Å². The molecule has 0 spiro atoms. The normalized spacial score (nSPS) is 10.8. The molecule has 98 valence electrons. The van der Waals surface area contributed by atoms with Gasteiger partial charge in [0.05, 0.1) is 11.9 Å². The molecule has 0 saturated heterocycles. The third-order valence-electron chi connectivity index (χ3n) is 2.60. The van der Waals surface area contributed by atoms with Crippen molar-refractivity contribution in [2.45, 2.75) is 20.4 Å². The van der Waals surface area contributed by atoms with Crippen LogP contribution in [0, 0.1) is 13.8 Å². The van der Waals surface area contributed by atoms with Crippen LogP contribution in [0.3, 0.4) is 0 Å². The molecule has 0 saturated carbocycles. The van der Waals surface area contributed by atoms with E-state index in [-0.39, 0.29) is 12.5 Å². The molecular formula is C14H16N4O. The molecular weight excluding hydrogens is 240 g/mol. The smallest absolute Gasteiger partial charge is 0.261 e. The summed E-state index contributed by atoms with van der Waals surface area (Å²) in [5.41, 5.74) is 5.28. The van der Waals surface area contributed by atoms with Crippen molar-refractivity contribution in [2.24, 2.45) is 5.10 Å². The number of aryl methyl sites for hydroxylation is 2. The molecule has 5 heteroatoms. The number of hydrazone groups is 1. The average molecular weight is 256 g/mol. The van der Waals surface area contributed by atoms with Crippen molar-refractivity contribution < 1.29 is 4.79 Å². The highest BCUT2D eigenvalue weighted by atomic mass is 16.2. The first-order valence-corrected chi connectivity index (χ1v) is 6.03. The third kappa shape index (κ3) is 3.77. The maximum absolute atomic E-state index is 11.7. The molecule has 1 aromatic carbocycles. The van der Waals surface area contributed by atoms with E-state index in [2.05, 4.69) is 15.6 Å². The SMILES string of the molecule is Cc1cc(C)n(CC(=O)N/N=C/c2ccccc2)n1. The Hall–Kier alpha value is -2.43. The van der Waals surface area contributed by atoms with Gasteiger partial charge in [-0.1, -0.05) is 30.3 Å². The Morgan fingerprint density at radius 2 is 2.11 bits per heavy atom. The van der Waals surface area contributed by atoms with Gasteiger partial charge in [-0.05, 0) is 25.5 Å². The number of carbonyl (C=O) groups excluding carboxylic acids is 1. The van der Waals surface area contributed by atoms with Crippen molar-refractivity contribution >= 4 is 12.1 Å². The lowest BCUT2D eigenvalue weighted by Gasteiger charge is -2.02. The first-order valence-electron chi connectivity index (χ1n) is 6.03. The predicted molar refractivity (Wildman–Crippen MR) is 73.9 cm³/mol. The number of hydrogen-bond acceptors (Lipinski definition) is 3. The molecule has 0 bridgehead atoms. The van der Waals surface area contributed by atoms with Gasteiger partial charge in [-0.25, -0.2) is 5.43 Å². The fourth-order valence-corrected chi connectivity index (χ4v) is 1.72. The van der Waals surface area contributed by atoms with Crippen LogP contribution in [0.15, 0.2) is 41.5 Å². The van der Waals surface area contributed by atoms with E-state index in [4.69, 9.17) is 0 Å². The van der Waals surface area contributed by atoms with Gasteiger partial charge in [0.15, 0.2) is 0 Å². The summed E-state index contributed by atoms with van der Waals surface area (Å²) in [4.78, 5) is 11.7. The van der Waals surface area contributed by atoms with Crippen molar-refractivity contribution in [3.63, 3.8) is 0 Å². The van der Waals surface area contributed by atoms with Crippen molar-refractivity contribution in [3.8, 4) is 0 Å². The van der Waals surface area contributed by atoms with Gasteiger partial charge in [-0.2, -0.15) is 10.2 Å². The zero-order valence-corrected chi connectivity index (χ0v) is 11.0. The highest BCUT2D eigenvalue weighted by Crippen LogP contribution is 2.01. The van der Waals surface area contributed by atoms with Crippen LogP contribution in [0.2, 0.25) is 0 Å². The van der Waals surface area contributed by atoms with Gasteiger partial charge in [0.2, 0.25) is 0 Å². The maximum Gasteiger partial charge on any atom is 0.261 e. The van der Waals surface area contributed by atoms with Gasteiger partial charge in [-0.15, -0.1) is 0 Å². The topological polar surface area (TPSA) is 59.3 Å². The Kier molecular flexibility index (Phi) is 4.07. The molecule has 0 radical (unpaired) electrons. The summed E-state index contributed by atoms with van der Waals surface area (Å²) < 4.78 is 1.66. The summed E-state index contributed by atoms with van der Waals surface area (Å²) in [6.45, 7) is 3.99. The molecule has 19 heavy (non-hydrogen) atoms. The van der Waals surface area contributed by atoms with Crippen LogP contribution in [0.25, 0.3) is 0 Å². The molecule has 0 fully saturated rings. The Morgan fingerprint density at radius 1 is 1.37 bits per heavy atom. The van der Waals surface area contributed by atoms with E-state index in [1.165, 1.54) is 0 Å². The quantitative estimate of drug-likeness (QED) is 0.668. The minimum Gasteiger partial charge on any atom is -0.271 e. The number of amides is 1. The lowest BCUT2D eigenvalue weighted by Crippen LogP contribution is -2.24. The van der Waals surface area contributed by atoms with Crippen LogP contribution in [0.4, 0.5) is 0 Å². The zero-order valence-electron chi connectivity index (χ0n) is 11.0. The van der Waals surface area contributed by atoms with Crippen LogP contribution < -0.4 is 5.43 Å². The molecule has 2 rings (SSSR count). The molecule has 1 amide bonds. The maximum atomic E-state index is 11.7. The molecule has 1 N–H and O–H groups in total. The molecule has 0 aliphatic heterocycles. The van der Waals surface area contributed by atoms with E-state index in [1.807, 2.05) is 50.2 Å². The number of nitrogens with zero attached hydrogens (tertiary/aromatic N) is 3. The number of aromatic nitrogens is 2. The molecule has 1 aromatic heterocycles. The zero-order chi connectivity index (χ0) is 13.7. The lowest BCUT2D eigenvalue weighted by atomic mass is 10.2. The van der Waals surface area contributed by atoms with E-state index in [9.17, 15) is 4.79 Å². The summed E-state index contributed by atoms with van der Waals surface area (Å²) in [5, 5.41) is 8.13. The molecule has 0 unspecified atom stereocenters. The van der Waals surface area contributed by atoms with E-state index in [0.29, 0.717) is 0 Å². The molecule has 1 heterocycles. The van der Waals surface area contributed by atoms with Gasteiger partial charge in [0.25, 0.3) is 5.91 Å². The highest BCUT2D eigenvalue weighted by molar-refractivity contribution is 5.82. The third-order valence-corrected chi connectivity index (χ3v) is 2.60. The average Bonchev–Trinajstić information content (AvgIpc) is 2.69. The van der Waals surface area contributed by atoms with E-state index in [0.717, 1.165) is 17.0 Å². The minimum absolute atomic E-state index is 0.172. The number of benzene rings is 1. The van der Waals surface area contributed by atoms with Crippen LogP contribution in [0.1, 0.15) is 17.0 Å². The number of hydrogen-bond donors (Lipinski definition) is 1. The Labute approximate surface area is 111 Å². The largest absolute Gasteiger partial charge is 0.271 e. The number of rotatable bonds is 4. The molecule has 0 aliphatic carbocycles. The van der Waals surface area contributed by atoms with E-state index < -0.39 is 0 Å². The summed E-state index contributed by atoms with van der Waals surface area (Å²) in [6.07, 6.45) is 1.61. The van der Waals surface area contributed by atoms with Crippen LogP contribution in [0.5, 0.6) is 0 Å². The van der Waals surface area contributed by atoms with Gasteiger partial charge < -0.3 is 0 Å². The second kappa shape index (κ2) is 5.95. The van der Waals surface area contributed by atoms with Gasteiger partial charge >= 0.3 is 0 Å². The minimum atomic E-state index is -0.196. The molecule has 0 atom stereocenters. The van der Waals surface area contributed by atoms with E-state index >= 15 is 0 Å². The lowest BCUT2D eigenvalue weighted by molar-refractivity contribution is -0.121. The summed E-state index contributed by atoms with van der Waals surface area (Å²) in [7, 11) is 0. The van der Waals surface area contributed by atoms with Gasteiger partial charge in [-0.3, -0.25) is 9.48 Å². The molecule has 2 aromatic rings. The second-order valence-electron chi connectivity index (χ2n) is 4.29. The first kappa shape index (κ1) is 13.0.